The fraction of sp³-hybridized carbons (Fsp3) is 0.333. The monoisotopic (exact) mass is 255 g/mol. The molecule has 1 amide bonds. The molecule has 1 N–H and O–H groups in total. The standard InChI is InChI=1S/C15H17N3O/c19-15(14-4-5-14)17-9-12-2-1-3-13(8-12)10-18-7-6-16-11-18/h1-3,6-8,11,14H,4-5,9-10H2,(H,17,19). The Morgan fingerprint density at radius 2 is 2.21 bits per heavy atom. The molecule has 98 valence electrons. The summed E-state index contributed by atoms with van der Waals surface area (Å²) in [4.78, 5) is 15.6. The summed E-state index contributed by atoms with van der Waals surface area (Å²) in [6.45, 7) is 1.43. The Morgan fingerprint density at radius 1 is 1.37 bits per heavy atom. The molecule has 2 aromatic rings. The van der Waals surface area contributed by atoms with E-state index in [0.29, 0.717) is 6.54 Å². The van der Waals surface area contributed by atoms with Gasteiger partial charge < -0.3 is 9.88 Å². The van der Waals surface area contributed by atoms with E-state index in [1.807, 2.05) is 29.2 Å². The van der Waals surface area contributed by atoms with Crippen LogP contribution in [0.5, 0.6) is 0 Å². The summed E-state index contributed by atoms with van der Waals surface area (Å²) in [5, 5.41) is 2.99. The van der Waals surface area contributed by atoms with Gasteiger partial charge in [0.05, 0.1) is 6.33 Å². The second-order valence-electron chi connectivity index (χ2n) is 5.05. The summed E-state index contributed by atoms with van der Waals surface area (Å²) in [6, 6.07) is 8.30. The molecular weight excluding hydrogens is 238 g/mol. The highest BCUT2D eigenvalue weighted by Gasteiger charge is 2.29. The van der Waals surface area contributed by atoms with E-state index in [-0.39, 0.29) is 11.8 Å². The minimum Gasteiger partial charge on any atom is -0.352 e. The van der Waals surface area contributed by atoms with Crippen LogP contribution in [0.15, 0.2) is 43.0 Å². The summed E-state index contributed by atoms with van der Waals surface area (Å²) in [5.74, 6) is 0.467. The van der Waals surface area contributed by atoms with E-state index in [0.717, 1.165) is 24.9 Å². The first-order chi connectivity index (χ1) is 9.31. The number of benzene rings is 1. The maximum Gasteiger partial charge on any atom is 0.223 e. The molecule has 1 saturated carbocycles. The number of carbonyl (C=O) groups is 1. The first kappa shape index (κ1) is 12.0. The Kier molecular flexibility index (Phi) is 3.31. The van der Waals surface area contributed by atoms with Crippen LogP contribution in [0.1, 0.15) is 24.0 Å². The molecular formula is C15H17N3O. The molecule has 4 heteroatoms. The van der Waals surface area contributed by atoms with Crippen molar-refractivity contribution < 1.29 is 4.79 Å². The van der Waals surface area contributed by atoms with Gasteiger partial charge in [0.25, 0.3) is 0 Å². The molecule has 3 rings (SSSR count). The quantitative estimate of drug-likeness (QED) is 0.887. The van der Waals surface area contributed by atoms with Crippen molar-refractivity contribution in [1.29, 1.82) is 0 Å². The number of amides is 1. The van der Waals surface area contributed by atoms with E-state index in [9.17, 15) is 4.79 Å². The molecule has 1 aromatic heterocycles. The van der Waals surface area contributed by atoms with Crippen LogP contribution in [0, 0.1) is 5.92 Å². The molecule has 0 bridgehead atoms. The number of nitrogens with zero attached hydrogens (tertiary/aromatic N) is 2. The Labute approximate surface area is 112 Å². The molecule has 1 aromatic carbocycles. The number of rotatable bonds is 5. The van der Waals surface area contributed by atoms with Crippen molar-refractivity contribution in [3.05, 3.63) is 54.1 Å². The second kappa shape index (κ2) is 5.26. The van der Waals surface area contributed by atoms with Crippen LogP contribution in [0.25, 0.3) is 0 Å². The zero-order valence-corrected chi connectivity index (χ0v) is 10.7. The molecule has 0 unspecified atom stereocenters. The van der Waals surface area contributed by atoms with Gasteiger partial charge in [-0.25, -0.2) is 4.98 Å². The van der Waals surface area contributed by atoms with Crippen molar-refractivity contribution in [3.63, 3.8) is 0 Å². The molecule has 1 heterocycles. The fourth-order valence-corrected chi connectivity index (χ4v) is 2.11. The lowest BCUT2D eigenvalue weighted by atomic mass is 10.1. The second-order valence-corrected chi connectivity index (χ2v) is 5.05. The van der Waals surface area contributed by atoms with Gasteiger partial charge in [-0.05, 0) is 24.0 Å². The van der Waals surface area contributed by atoms with Crippen LogP contribution in [-0.2, 0) is 17.9 Å². The number of imidazole rings is 1. The van der Waals surface area contributed by atoms with Gasteiger partial charge in [0.2, 0.25) is 5.91 Å². The number of carbonyl (C=O) groups excluding carboxylic acids is 1. The topological polar surface area (TPSA) is 46.9 Å². The maximum absolute atomic E-state index is 11.6. The fourth-order valence-electron chi connectivity index (χ4n) is 2.11. The van der Waals surface area contributed by atoms with Gasteiger partial charge in [0.15, 0.2) is 0 Å². The minimum absolute atomic E-state index is 0.194. The van der Waals surface area contributed by atoms with E-state index >= 15 is 0 Å². The molecule has 0 atom stereocenters. The van der Waals surface area contributed by atoms with Gasteiger partial charge in [0.1, 0.15) is 0 Å². The van der Waals surface area contributed by atoms with Crippen molar-refractivity contribution in [3.8, 4) is 0 Å². The number of hydrogen-bond acceptors (Lipinski definition) is 2. The lowest BCUT2D eigenvalue weighted by molar-refractivity contribution is -0.122. The van der Waals surface area contributed by atoms with Crippen LogP contribution in [0.4, 0.5) is 0 Å². The van der Waals surface area contributed by atoms with E-state index in [1.165, 1.54) is 5.56 Å². The van der Waals surface area contributed by atoms with E-state index in [4.69, 9.17) is 0 Å². The SMILES string of the molecule is O=C(NCc1cccc(Cn2ccnc2)c1)C1CC1. The Bertz CT molecular complexity index is 559. The average molecular weight is 255 g/mol. The smallest absolute Gasteiger partial charge is 0.223 e. The van der Waals surface area contributed by atoms with Crippen LogP contribution < -0.4 is 5.32 Å². The summed E-state index contributed by atoms with van der Waals surface area (Å²) in [6.07, 6.45) is 7.63. The molecule has 1 aliphatic rings. The Morgan fingerprint density at radius 3 is 2.95 bits per heavy atom. The van der Waals surface area contributed by atoms with E-state index in [1.54, 1.807) is 6.20 Å². The van der Waals surface area contributed by atoms with Gasteiger partial charge in [-0.2, -0.15) is 0 Å². The molecule has 1 fully saturated rings. The lowest BCUT2D eigenvalue weighted by Crippen LogP contribution is -2.24. The lowest BCUT2D eigenvalue weighted by Gasteiger charge is -2.07. The van der Waals surface area contributed by atoms with Gasteiger partial charge in [0, 0.05) is 31.4 Å². The van der Waals surface area contributed by atoms with Crippen molar-refractivity contribution in [2.24, 2.45) is 5.92 Å². The molecule has 0 radical (unpaired) electrons. The first-order valence-electron chi connectivity index (χ1n) is 6.62. The van der Waals surface area contributed by atoms with Crippen LogP contribution in [0.3, 0.4) is 0 Å². The van der Waals surface area contributed by atoms with E-state index < -0.39 is 0 Å². The van der Waals surface area contributed by atoms with Gasteiger partial charge >= 0.3 is 0 Å². The molecule has 0 spiro atoms. The molecule has 19 heavy (non-hydrogen) atoms. The third kappa shape index (κ3) is 3.22. The number of hydrogen-bond donors (Lipinski definition) is 1. The van der Waals surface area contributed by atoms with Gasteiger partial charge in [-0.15, -0.1) is 0 Å². The zero-order valence-electron chi connectivity index (χ0n) is 10.7. The molecule has 0 aliphatic heterocycles. The highest BCUT2D eigenvalue weighted by Crippen LogP contribution is 2.28. The van der Waals surface area contributed by atoms with Crippen molar-refractivity contribution in [1.82, 2.24) is 14.9 Å². The third-order valence-electron chi connectivity index (χ3n) is 3.33. The van der Waals surface area contributed by atoms with Crippen molar-refractivity contribution in [2.45, 2.75) is 25.9 Å². The van der Waals surface area contributed by atoms with Gasteiger partial charge in [-0.1, -0.05) is 24.3 Å². The molecule has 0 saturated heterocycles. The first-order valence-corrected chi connectivity index (χ1v) is 6.62. The van der Waals surface area contributed by atoms with Crippen LogP contribution in [0.2, 0.25) is 0 Å². The van der Waals surface area contributed by atoms with Crippen LogP contribution >= 0.6 is 0 Å². The Hall–Kier alpha value is -2.10. The third-order valence-corrected chi connectivity index (χ3v) is 3.33. The predicted octanol–water partition coefficient (Wildman–Crippen LogP) is 1.96. The Balaban J connectivity index is 1.60. The maximum atomic E-state index is 11.6. The van der Waals surface area contributed by atoms with Gasteiger partial charge in [-0.3, -0.25) is 4.79 Å². The predicted molar refractivity (Wildman–Crippen MR) is 72.3 cm³/mol. The molecule has 1 aliphatic carbocycles. The highest BCUT2D eigenvalue weighted by molar-refractivity contribution is 5.80. The largest absolute Gasteiger partial charge is 0.352 e. The average Bonchev–Trinajstić information content (AvgIpc) is 3.16. The summed E-state index contributed by atoms with van der Waals surface area (Å²) >= 11 is 0. The molecule has 4 nitrogen and oxygen atoms in total. The normalized spacial score (nSPS) is 14.3. The summed E-state index contributed by atoms with van der Waals surface area (Å²) in [7, 11) is 0. The number of nitrogens with one attached hydrogen (secondary N) is 1. The van der Waals surface area contributed by atoms with Crippen LogP contribution in [-0.4, -0.2) is 15.5 Å². The van der Waals surface area contributed by atoms with Crippen molar-refractivity contribution in [2.75, 3.05) is 0 Å². The van der Waals surface area contributed by atoms with E-state index in [2.05, 4.69) is 22.4 Å². The minimum atomic E-state index is 0.194. The summed E-state index contributed by atoms with van der Waals surface area (Å²) in [5.41, 5.74) is 2.36. The van der Waals surface area contributed by atoms with Crippen molar-refractivity contribution >= 4 is 5.91 Å². The summed E-state index contributed by atoms with van der Waals surface area (Å²) < 4.78 is 2.03. The number of aromatic nitrogens is 2. The highest BCUT2D eigenvalue weighted by atomic mass is 16.2. The zero-order chi connectivity index (χ0) is 13.1.